The van der Waals surface area contributed by atoms with Gasteiger partial charge in [-0.15, -0.1) is 0 Å². The molecule has 5 nitrogen and oxygen atoms in total. The largest absolute Gasteiger partial charge is 0.481 e. The van der Waals surface area contributed by atoms with Crippen LogP contribution in [0, 0.1) is 11.8 Å². The van der Waals surface area contributed by atoms with Crippen LogP contribution in [0.3, 0.4) is 0 Å². The van der Waals surface area contributed by atoms with Crippen LogP contribution in [0.25, 0.3) is 0 Å². The van der Waals surface area contributed by atoms with Gasteiger partial charge in [0.1, 0.15) is 0 Å². The summed E-state index contributed by atoms with van der Waals surface area (Å²) in [4.78, 5) is 27.2. The van der Waals surface area contributed by atoms with Crippen LogP contribution < -0.4 is 0 Å². The maximum Gasteiger partial charge on any atom is 0.308 e. The summed E-state index contributed by atoms with van der Waals surface area (Å²) in [6.07, 6.45) is 4.62. The lowest BCUT2D eigenvalue weighted by molar-refractivity contribution is -0.142. The van der Waals surface area contributed by atoms with Gasteiger partial charge in [0.05, 0.1) is 12.5 Å². The maximum atomic E-state index is 12.2. The number of hydrogen-bond acceptors (Lipinski definition) is 3. The highest BCUT2D eigenvalue weighted by Crippen LogP contribution is 2.23. The number of aliphatic carboxylic acids is 1. The normalized spacial score (nSPS) is 29.2. The second-order valence-electron chi connectivity index (χ2n) is 5.91. The lowest BCUT2D eigenvalue weighted by Crippen LogP contribution is -2.40. The van der Waals surface area contributed by atoms with E-state index in [4.69, 9.17) is 5.11 Å². The average Bonchev–Trinajstić information content (AvgIpc) is 2.58. The Kier molecular flexibility index (Phi) is 4.80. The fraction of sp³-hybridized carbons (Fsp3) is 0.857. The van der Waals surface area contributed by atoms with E-state index in [0.29, 0.717) is 13.1 Å². The van der Waals surface area contributed by atoms with E-state index in [1.165, 1.54) is 12.8 Å². The molecular weight excluding hydrogens is 244 g/mol. The van der Waals surface area contributed by atoms with Crippen molar-refractivity contribution < 1.29 is 14.7 Å². The molecule has 5 heteroatoms. The Morgan fingerprint density at radius 2 is 1.74 bits per heavy atom. The number of likely N-dealkylation sites (tertiary alicyclic amines) is 2. The van der Waals surface area contributed by atoms with Gasteiger partial charge in [0.25, 0.3) is 0 Å². The minimum Gasteiger partial charge on any atom is -0.481 e. The fourth-order valence-corrected chi connectivity index (χ4v) is 3.13. The van der Waals surface area contributed by atoms with E-state index in [2.05, 4.69) is 0 Å². The number of amides is 1. The summed E-state index contributed by atoms with van der Waals surface area (Å²) < 4.78 is 0. The molecule has 2 rings (SSSR count). The van der Waals surface area contributed by atoms with Crippen molar-refractivity contribution in [2.75, 3.05) is 32.7 Å². The number of hydrogen-bond donors (Lipinski definition) is 1. The summed E-state index contributed by atoms with van der Waals surface area (Å²) in [5.41, 5.74) is 0. The number of carboxylic acid groups (broad SMARTS) is 1. The van der Waals surface area contributed by atoms with Crippen LogP contribution in [-0.4, -0.2) is 59.5 Å². The van der Waals surface area contributed by atoms with Crippen LogP contribution in [0.4, 0.5) is 0 Å². The SMILES string of the molecule is CC1CN(CC(=O)N2CCCCCC2)CC1C(=O)O. The zero-order valence-corrected chi connectivity index (χ0v) is 11.7. The molecule has 0 spiro atoms. The van der Waals surface area contributed by atoms with Gasteiger partial charge >= 0.3 is 5.97 Å². The fourth-order valence-electron chi connectivity index (χ4n) is 3.13. The summed E-state index contributed by atoms with van der Waals surface area (Å²) in [7, 11) is 0. The van der Waals surface area contributed by atoms with Crippen molar-refractivity contribution in [2.45, 2.75) is 32.6 Å². The Bertz CT molecular complexity index is 338. The standard InChI is InChI=1S/C14H24N2O3/c1-11-8-15(9-12(11)14(18)19)10-13(17)16-6-4-2-3-5-7-16/h11-12H,2-10H2,1H3,(H,18,19). The Balaban J connectivity index is 1.84. The highest BCUT2D eigenvalue weighted by molar-refractivity contribution is 5.78. The Labute approximate surface area is 114 Å². The third kappa shape index (κ3) is 3.69. The van der Waals surface area contributed by atoms with Gasteiger partial charge in [-0.25, -0.2) is 0 Å². The van der Waals surface area contributed by atoms with Gasteiger partial charge < -0.3 is 10.0 Å². The van der Waals surface area contributed by atoms with Crippen molar-refractivity contribution >= 4 is 11.9 Å². The summed E-state index contributed by atoms with van der Waals surface area (Å²) in [5, 5.41) is 9.10. The predicted octanol–water partition coefficient (Wildman–Crippen LogP) is 1.04. The first kappa shape index (κ1) is 14.3. The summed E-state index contributed by atoms with van der Waals surface area (Å²) in [6, 6.07) is 0. The smallest absolute Gasteiger partial charge is 0.308 e. The number of rotatable bonds is 3. The van der Waals surface area contributed by atoms with E-state index in [1.807, 2.05) is 16.7 Å². The highest BCUT2D eigenvalue weighted by atomic mass is 16.4. The third-order valence-electron chi connectivity index (χ3n) is 4.32. The van der Waals surface area contributed by atoms with Crippen molar-refractivity contribution in [1.82, 2.24) is 9.80 Å². The molecular formula is C14H24N2O3. The quantitative estimate of drug-likeness (QED) is 0.831. The zero-order valence-electron chi connectivity index (χ0n) is 11.7. The summed E-state index contributed by atoms with van der Waals surface area (Å²) >= 11 is 0. The van der Waals surface area contributed by atoms with Crippen molar-refractivity contribution in [3.8, 4) is 0 Å². The van der Waals surface area contributed by atoms with Crippen LogP contribution >= 0.6 is 0 Å². The molecule has 2 aliphatic heterocycles. The molecule has 2 unspecified atom stereocenters. The molecule has 19 heavy (non-hydrogen) atoms. The van der Waals surface area contributed by atoms with Gasteiger partial charge in [-0.05, 0) is 18.8 Å². The molecule has 0 saturated carbocycles. The molecule has 0 aromatic heterocycles. The van der Waals surface area contributed by atoms with Gasteiger partial charge in [-0.1, -0.05) is 19.8 Å². The highest BCUT2D eigenvalue weighted by Gasteiger charge is 2.35. The van der Waals surface area contributed by atoms with Crippen molar-refractivity contribution in [2.24, 2.45) is 11.8 Å². The minimum atomic E-state index is -0.739. The minimum absolute atomic E-state index is 0.134. The number of nitrogens with zero attached hydrogens (tertiary/aromatic N) is 2. The van der Waals surface area contributed by atoms with Crippen LogP contribution in [0.15, 0.2) is 0 Å². The topological polar surface area (TPSA) is 60.9 Å². The molecule has 0 aromatic rings. The lowest BCUT2D eigenvalue weighted by Gasteiger charge is -2.23. The molecule has 1 N–H and O–H groups in total. The van der Waals surface area contributed by atoms with Crippen molar-refractivity contribution in [3.63, 3.8) is 0 Å². The van der Waals surface area contributed by atoms with Gasteiger partial charge in [0, 0.05) is 26.2 Å². The third-order valence-corrected chi connectivity index (χ3v) is 4.32. The summed E-state index contributed by atoms with van der Waals surface area (Å²) in [6.45, 7) is 5.30. The van der Waals surface area contributed by atoms with Gasteiger partial charge in [0.15, 0.2) is 0 Å². The summed E-state index contributed by atoms with van der Waals surface area (Å²) in [5.74, 6) is -0.760. The van der Waals surface area contributed by atoms with E-state index in [9.17, 15) is 9.59 Å². The molecule has 2 heterocycles. The Morgan fingerprint density at radius 1 is 1.11 bits per heavy atom. The maximum absolute atomic E-state index is 12.2. The molecule has 1 amide bonds. The van der Waals surface area contributed by atoms with E-state index >= 15 is 0 Å². The molecule has 0 aromatic carbocycles. The molecule has 2 fully saturated rings. The lowest BCUT2D eigenvalue weighted by atomic mass is 9.99. The van der Waals surface area contributed by atoms with Crippen molar-refractivity contribution in [1.29, 1.82) is 0 Å². The van der Waals surface area contributed by atoms with Gasteiger partial charge in [0.2, 0.25) is 5.91 Å². The first-order chi connectivity index (χ1) is 9.08. The Hall–Kier alpha value is -1.10. The first-order valence-corrected chi connectivity index (χ1v) is 7.31. The first-order valence-electron chi connectivity index (χ1n) is 7.31. The van der Waals surface area contributed by atoms with E-state index in [1.54, 1.807) is 0 Å². The zero-order chi connectivity index (χ0) is 13.8. The predicted molar refractivity (Wildman–Crippen MR) is 71.8 cm³/mol. The van der Waals surface area contributed by atoms with Crippen LogP contribution in [0.2, 0.25) is 0 Å². The number of carbonyl (C=O) groups is 2. The second-order valence-corrected chi connectivity index (χ2v) is 5.91. The molecule has 2 atom stereocenters. The van der Waals surface area contributed by atoms with Crippen LogP contribution in [0.1, 0.15) is 32.6 Å². The van der Waals surface area contributed by atoms with Gasteiger partial charge in [-0.3, -0.25) is 14.5 Å². The van der Waals surface area contributed by atoms with Gasteiger partial charge in [-0.2, -0.15) is 0 Å². The van der Waals surface area contributed by atoms with Crippen LogP contribution in [0.5, 0.6) is 0 Å². The van der Waals surface area contributed by atoms with E-state index < -0.39 is 5.97 Å². The number of carboxylic acids is 1. The molecule has 0 aliphatic carbocycles. The van der Waals surface area contributed by atoms with Crippen LogP contribution in [-0.2, 0) is 9.59 Å². The molecule has 2 aliphatic rings. The van der Waals surface area contributed by atoms with E-state index in [0.717, 1.165) is 32.5 Å². The Morgan fingerprint density at radius 3 is 2.26 bits per heavy atom. The molecule has 108 valence electrons. The second kappa shape index (κ2) is 6.37. The molecule has 0 radical (unpaired) electrons. The average molecular weight is 268 g/mol. The monoisotopic (exact) mass is 268 g/mol. The molecule has 2 saturated heterocycles. The van der Waals surface area contributed by atoms with E-state index in [-0.39, 0.29) is 17.7 Å². The number of carbonyl (C=O) groups excluding carboxylic acids is 1. The van der Waals surface area contributed by atoms with Crippen molar-refractivity contribution in [3.05, 3.63) is 0 Å². The molecule has 0 bridgehead atoms.